The normalized spacial score (nSPS) is 14.5. The van der Waals surface area contributed by atoms with Crippen LogP contribution in [0.25, 0.3) is 0 Å². The maximum atomic E-state index is 13.3. The Kier molecular flexibility index (Phi) is 4.53. The number of hydrogen-bond acceptors (Lipinski definition) is 6. The third kappa shape index (κ3) is 3.07. The maximum Gasteiger partial charge on any atom is 0.418 e. The van der Waals surface area contributed by atoms with Crippen molar-refractivity contribution >= 4 is 29.0 Å². The molecule has 1 heterocycles. The van der Waals surface area contributed by atoms with Crippen molar-refractivity contribution in [3.63, 3.8) is 0 Å². The number of benzene rings is 1. The van der Waals surface area contributed by atoms with E-state index in [0.29, 0.717) is 6.07 Å². The molecule has 1 aliphatic rings. The van der Waals surface area contributed by atoms with E-state index >= 15 is 0 Å². The van der Waals surface area contributed by atoms with Gasteiger partial charge in [-0.2, -0.15) is 13.2 Å². The number of carbonyl (C=O) groups excluding carboxylic acids is 2. The van der Waals surface area contributed by atoms with Crippen molar-refractivity contribution in [2.75, 3.05) is 11.6 Å². The topological polar surface area (TPSA) is 72.0 Å². The molecule has 0 unspecified atom stereocenters. The van der Waals surface area contributed by atoms with Crippen molar-refractivity contribution in [2.45, 2.75) is 6.18 Å². The van der Waals surface area contributed by atoms with Crippen LogP contribution in [0.2, 0.25) is 0 Å². The minimum Gasteiger partial charge on any atom is -0.351 e. The molecule has 134 valence electrons. The van der Waals surface area contributed by atoms with Crippen LogP contribution >= 0.6 is 11.8 Å². The summed E-state index contributed by atoms with van der Waals surface area (Å²) in [6, 6.07) is 1.99. The lowest BCUT2D eigenvalue weighted by atomic mass is 9.97. The van der Waals surface area contributed by atoms with Gasteiger partial charge in [-0.25, -0.2) is 14.4 Å². The first kappa shape index (κ1) is 18.1. The first-order valence-corrected chi connectivity index (χ1v) is 8.28. The number of carbonyl (C=O) groups is 2. The number of alkyl halides is 3. The number of thioether (sulfide) groups is 1. The maximum absolute atomic E-state index is 13.3. The Morgan fingerprint density at radius 2 is 1.88 bits per heavy atom. The molecular formula is C16H9F4N3O2S. The largest absolute Gasteiger partial charge is 0.418 e. The minimum atomic E-state index is -4.85. The van der Waals surface area contributed by atoms with E-state index in [4.69, 9.17) is 0 Å². The lowest BCUT2D eigenvalue weighted by Crippen LogP contribution is -2.27. The number of nitrogens with zero attached hydrogens (tertiary/aromatic N) is 2. The molecule has 1 aromatic heterocycles. The summed E-state index contributed by atoms with van der Waals surface area (Å²) in [4.78, 5) is 32.5. The molecule has 0 bridgehead atoms. The number of allylic oxidation sites excluding steroid dienone is 2. The molecule has 3 rings (SSSR count). The number of nitrogens with one attached hydrogen (secondary N) is 1. The van der Waals surface area contributed by atoms with Gasteiger partial charge in [0, 0.05) is 6.20 Å². The lowest BCUT2D eigenvalue weighted by molar-refractivity contribution is -0.137. The average molecular weight is 383 g/mol. The third-order valence-electron chi connectivity index (χ3n) is 3.58. The zero-order valence-corrected chi connectivity index (χ0v) is 13.8. The van der Waals surface area contributed by atoms with Gasteiger partial charge in [-0.1, -0.05) is 0 Å². The van der Waals surface area contributed by atoms with Gasteiger partial charge < -0.3 is 5.32 Å². The number of hydrogen-bond donors (Lipinski definition) is 1. The highest BCUT2D eigenvalue weighted by Gasteiger charge is 2.37. The molecule has 0 spiro atoms. The second-order valence-corrected chi connectivity index (χ2v) is 5.98. The predicted molar refractivity (Wildman–Crippen MR) is 86.3 cm³/mol. The summed E-state index contributed by atoms with van der Waals surface area (Å²) < 4.78 is 52.8. The van der Waals surface area contributed by atoms with Crippen LogP contribution in [0.3, 0.4) is 0 Å². The average Bonchev–Trinajstić information content (AvgIpc) is 2.60. The summed E-state index contributed by atoms with van der Waals surface area (Å²) >= 11 is 0.896. The Bertz CT molecular complexity index is 957. The second kappa shape index (κ2) is 6.52. The van der Waals surface area contributed by atoms with Crippen LogP contribution in [0.4, 0.5) is 23.2 Å². The zero-order valence-electron chi connectivity index (χ0n) is 13.0. The number of Topliss-reactive ketones (excluding diaryl/α,β-unsaturated/α-hetero) is 2. The highest BCUT2D eigenvalue weighted by atomic mass is 32.2. The van der Waals surface area contributed by atoms with Crippen LogP contribution in [0.15, 0.2) is 41.3 Å². The highest BCUT2D eigenvalue weighted by molar-refractivity contribution is 8.03. The molecule has 26 heavy (non-hydrogen) atoms. The molecule has 0 amide bonds. The number of anilines is 1. The second-order valence-electron chi connectivity index (χ2n) is 5.16. The quantitative estimate of drug-likeness (QED) is 0.815. The Labute approximate surface area is 148 Å². The van der Waals surface area contributed by atoms with Gasteiger partial charge >= 0.3 is 6.18 Å². The molecule has 10 heteroatoms. The molecule has 5 nitrogen and oxygen atoms in total. The molecule has 0 fully saturated rings. The number of aromatic nitrogens is 2. The molecule has 1 aliphatic carbocycles. The fourth-order valence-corrected chi connectivity index (χ4v) is 3.07. The van der Waals surface area contributed by atoms with E-state index in [9.17, 15) is 27.2 Å². The molecule has 2 aromatic rings. The fourth-order valence-electron chi connectivity index (χ4n) is 2.44. The highest BCUT2D eigenvalue weighted by Crippen LogP contribution is 2.38. The van der Waals surface area contributed by atoms with E-state index in [-0.39, 0.29) is 21.9 Å². The number of halogens is 4. The zero-order chi connectivity index (χ0) is 19.1. The minimum absolute atomic E-state index is 0.0846. The van der Waals surface area contributed by atoms with Crippen LogP contribution in [0, 0.1) is 5.82 Å². The molecule has 0 atom stereocenters. The van der Waals surface area contributed by atoms with Crippen LogP contribution in [0.1, 0.15) is 26.4 Å². The standard InChI is InChI=1S/C16H9F4N3O2S/c1-26-15-12(13(24)8-5-21-6-22-11(8)14(15)25)23-10-3-2-7(17)4-9(10)16(18,19)20/h2-6,23H,1H3. The Hall–Kier alpha value is -2.75. The first-order chi connectivity index (χ1) is 12.2. The van der Waals surface area contributed by atoms with Gasteiger partial charge in [-0.3, -0.25) is 9.59 Å². The van der Waals surface area contributed by atoms with E-state index in [0.717, 1.165) is 36.4 Å². The third-order valence-corrected chi connectivity index (χ3v) is 4.38. The van der Waals surface area contributed by atoms with E-state index in [2.05, 4.69) is 15.3 Å². The van der Waals surface area contributed by atoms with E-state index < -0.39 is 34.8 Å². The van der Waals surface area contributed by atoms with Crippen molar-refractivity contribution in [3.8, 4) is 0 Å². The summed E-state index contributed by atoms with van der Waals surface area (Å²) in [6.07, 6.45) is -1.13. The molecule has 0 saturated carbocycles. The van der Waals surface area contributed by atoms with Gasteiger partial charge in [-0.05, 0) is 24.5 Å². The summed E-state index contributed by atoms with van der Waals surface area (Å²) in [6.45, 7) is 0. The monoisotopic (exact) mass is 383 g/mol. The molecule has 1 N–H and O–H groups in total. The number of fused-ring (bicyclic) bond motifs is 1. The van der Waals surface area contributed by atoms with Crippen LogP contribution in [-0.4, -0.2) is 27.8 Å². The Balaban J connectivity index is 2.13. The number of rotatable bonds is 3. The molecule has 0 aliphatic heterocycles. The summed E-state index contributed by atoms with van der Waals surface area (Å²) in [5.74, 6) is -2.40. The smallest absolute Gasteiger partial charge is 0.351 e. The number of ketones is 2. The van der Waals surface area contributed by atoms with Gasteiger partial charge in [0.05, 0.1) is 21.7 Å². The van der Waals surface area contributed by atoms with Gasteiger partial charge in [0.1, 0.15) is 23.5 Å². The van der Waals surface area contributed by atoms with Crippen molar-refractivity contribution in [1.29, 1.82) is 0 Å². The van der Waals surface area contributed by atoms with Gasteiger partial charge in [-0.15, -0.1) is 11.8 Å². The van der Waals surface area contributed by atoms with Crippen molar-refractivity contribution < 1.29 is 27.2 Å². The van der Waals surface area contributed by atoms with E-state index in [1.807, 2.05) is 0 Å². The lowest BCUT2D eigenvalue weighted by Gasteiger charge is -2.21. The van der Waals surface area contributed by atoms with Crippen molar-refractivity contribution in [1.82, 2.24) is 9.97 Å². The Morgan fingerprint density at radius 1 is 1.15 bits per heavy atom. The molecule has 0 radical (unpaired) electrons. The van der Waals surface area contributed by atoms with Crippen molar-refractivity contribution in [3.05, 3.63) is 64.0 Å². The van der Waals surface area contributed by atoms with Gasteiger partial charge in [0.15, 0.2) is 0 Å². The van der Waals surface area contributed by atoms with Gasteiger partial charge in [0.2, 0.25) is 11.6 Å². The summed E-state index contributed by atoms with van der Waals surface area (Å²) in [5, 5.41) is 2.35. The molecular weight excluding hydrogens is 374 g/mol. The summed E-state index contributed by atoms with van der Waals surface area (Å²) in [5.41, 5.74) is -2.40. The fraction of sp³-hybridized carbons (Fsp3) is 0.125. The van der Waals surface area contributed by atoms with Crippen LogP contribution < -0.4 is 5.32 Å². The Morgan fingerprint density at radius 3 is 2.54 bits per heavy atom. The summed E-state index contributed by atoms with van der Waals surface area (Å²) in [7, 11) is 0. The molecule has 0 saturated heterocycles. The van der Waals surface area contributed by atoms with Gasteiger partial charge in [0.25, 0.3) is 0 Å². The first-order valence-electron chi connectivity index (χ1n) is 7.05. The van der Waals surface area contributed by atoms with E-state index in [1.165, 1.54) is 6.26 Å². The van der Waals surface area contributed by atoms with E-state index in [1.54, 1.807) is 0 Å². The predicted octanol–water partition coefficient (Wildman–Crippen LogP) is 3.70. The molecule has 1 aromatic carbocycles. The van der Waals surface area contributed by atoms with Crippen LogP contribution in [0.5, 0.6) is 0 Å². The van der Waals surface area contributed by atoms with Crippen LogP contribution in [-0.2, 0) is 6.18 Å². The van der Waals surface area contributed by atoms with Crippen molar-refractivity contribution in [2.24, 2.45) is 0 Å². The SMILES string of the molecule is CSC1=C(Nc2ccc(F)cc2C(F)(F)F)C(=O)c2cncnc2C1=O.